The summed E-state index contributed by atoms with van der Waals surface area (Å²) >= 11 is 0. The van der Waals surface area contributed by atoms with E-state index in [4.69, 9.17) is 0 Å². The van der Waals surface area contributed by atoms with Crippen LogP contribution in [0.15, 0.2) is 24.3 Å². The quantitative estimate of drug-likeness (QED) is 0.815. The summed E-state index contributed by atoms with van der Waals surface area (Å²) in [6.45, 7) is 4.48. The molecule has 144 valence electrons. The van der Waals surface area contributed by atoms with E-state index in [1.165, 1.54) is 0 Å². The van der Waals surface area contributed by atoms with Crippen LogP contribution >= 0.6 is 0 Å². The average Bonchev–Trinajstić information content (AvgIpc) is 2.91. The van der Waals surface area contributed by atoms with Gasteiger partial charge in [-0.1, -0.05) is 38.5 Å². The van der Waals surface area contributed by atoms with Crippen LogP contribution in [0.2, 0.25) is 0 Å². The van der Waals surface area contributed by atoms with E-state index in [0.29, 0.717) is 6.54 Å². The highest BCUT2D eigenvalue weighted by Crippen LogP contribution is 2.42. The molecule has 4 rings (SSSR count). The van der Waals surface area contributed by atoms with Gasteiger partial charge in [0, 0.05) is 12.2 Å². The summed E-state index contributed by atoms with van der Waals surface area (Å²) in [4.78, 5) is 41.7. The second-order valence-electron chi connectivity index (χ2n) is 8.20. The fourth-order valence-corrected chi connectivity index (χ4v) is 5.11. The molecule has 3 aliphatic rings. The molecular weight excluding hydrogens is 342 g/mol. The number of fused-ring (bicyclic) bond motifs is 1. The van der Waals surface area contributed by atoms with Crippen molar-refractivity contribution in [3.8, 4) is 0 Å². The maximum atomic E-state index is 13.2. The van der Waals surface area contributed by atoms with Crippen molar-refractivity contribution in [1.29, 1.82) is 0 Å². The Balaban J connectivity index is 1.56. The summed E-state index contributed by atoms with van der Waals surface area (Å²) in [5, 5.41) is 2.96. The van der Waals surface area contributed by atoms with Gasteiger partial charge in [0.05, 0.1) is 0 Å². The van der Waals surface area contributed by atoms with E-state index >= 15 is 0 Å². The zero-order chi connectivity index (χ0) is 19.2. The predicted octanol–water partition coefficient (Wildman–Crippen LogP) is 2.71. The third-order valence-electron chi connectivity index (χ3n) is 6.69. The second kappa shape index (κ2) is 6.66. The van der Waals surface area contributed by atoms with Gasteiger partial charge in [-0.15, -0.1) is 0 Å². The molecule has 27 heavy (non-hydrogen) atoms. The highest BCUT2D eigenvalue weighted by atomic mass is 16.2. The Kier molecular flexibility index (Phi) is 4.44. The van der Waals surface area contributed by atoms with E-state index < -0.39 is 11.6 Å². The van der Waals surface area contributed by atoms with Crippen molar-refractivity contribution in [3.63, 3.8) is 0 Å². The van der Waals surface area contributed by atoms with Gasteiger partial charge in [-0.05, 0) is 49.1 Å². The fraction of sp³-hybridized carbons (Fsp3) is 0.571. The van der Waals surface area contributed by atoms with E-state index in [2.05, 4.69) is 5.32 Å². The smallest absolute Gasteiger partial charge is 0.323 e. The highest BCUT2D eigenvalue weighted by molar-refractivity contribution is 6.11. The molecule has 2 fully saturated rings. The van der Waals surface area contributed by atoms with Crippen LogP contribution in [-0.2, 0) is 16.0 Å². The molecule has 2 atom stereocenters. The first-order chi connectivity index (χ1) is 12.9. The molecule has 1 aliphatic carbocycles. The predicted molar refractivity (Wildman–Crippen MR) is 102 cm³/mol. The van der Waals surface area contributed by atoms with E-state index in [0.717, 1.165) is 48.3 Å². The number of urea groups is 1. The van der Waals surface area contributed by atoms with Gasteiger partial charge in [0.2, 0.25) is 5.91 Å². The lowest BCUT2D eigenvalue weighted by molar-refractivity contribution is -0.138. The molecule has 2 heterocycles. The molecule has 0 radical (unpaired) electrons. The van der Waals surface area contributed by atoms with Gasteiger partial charge in [0.25, 0.3) is 5.91 Å². The average molecular weight is 369 g/mol. The molecule has 4 amide bonds. The molecular formula is C21H27N3O3. The van der Waals surface area contributed by atoms with Crippen LogP contribution in [0.25, 0.3) is 0 Å². The summed E-state index contributed by atoms with van der Waals surface area (Å²) in [5.41, 5.74) is 1.19. The molecule has 1 aromatic carbocycles. The summed E-state index contributed by atoms with van der Waals surface area (Å²) in [7, 11) is 0. The van der Waals surface area contributed by atoms with Crippen molar-refractivity contribution >= 4 is 23.5 Å². The lowest BCUT2D eigenvalue weighted by Crippen LogP contribution is -2.59. The number of hydrogen-bond acceptors (Lipinski definition) is 3. The van der Waals surface area contributed by atoms with Crippen molar-refractivity contribution in [1.82, 2.24) is 10.2 Å². The minimum atomic E-state index is -0.852. The molecule has 0 aromatic heterocycles. The summed E-state index contributed by atoms with van der Waals surface area (Å²) in [6.07, 6.45) is 4.73. The Bertz CT molecular complexity index is 781. The topological polar surface area (TPSA) is 69.7 Å². The summed E-state index contributed by atoms with van der Waals surface area (Å²) in [5.74, 6) is -0.272. The Morgan fingerprint density at radius 2 is 1.85 bits per heavy atom. The molecule has 0 bridgehead atoms. The maximum Gasteiger partial charge on any atom is 0.325 e. The maximum absolute atomic E-state index is 13.2. The number of carbonyl (C=O) groups excluding carboxylic acids is 3. The zero-order valence-corrected chi connectivity index (χ0v) is 16.0. The normalized spacial score (nSPS) is 30.4. The van der Waals surface area contributed by atoms with Crippen molar-refractivity contribution in [3.05, 3.63) is 29.8 Å². The SMILES string of the molecule is CC1CCCC(C)C12NC(=O)N(CC(=O)N1CCCc3ccccc31)C2=O. The number of imide groups is 1. The van der Waals surface area contributed by atoms with Gasteiger partial charge >= 0.3 is 6.03 Å². The number of carbonyl (C=O) groups is 3. The van der Waals surface area contributed by atoms with Crippen LogP contribution < -0.4 is 10.2 Å². The van der Waals surface area contributed by atoms with Crippen LogP contribution in [0.1, 0.15) is 45.1 Å². The standard InChI is InChI=1S/C21H27N3O3/c1-14-7-5-8-15(2)21(14)19(26)24(20(27)22-21)13-18(25)23-12-6-10-16-9-3-4-11-17(16)23/h3-4,9,11,14-15H,5-8,10,12-13H2,1-2H3,(H,22,27). The van der Waals surface area contributed by atoms with Gasteiger partial charge in [0.1, 0.15) is 12.1 Å². The van der Waals surface area contributed by atoms with Gasteiger partial charge in [-0.3, -0.25) is 14.5 Å². The molecule has 1 saturated heterocycles. The number of nitrogens with one attached hydrogen (secondary N) is 1. The molecule has 2 aliphatic heterocycles. The number of nitrogens with zero attached hydrogens (tertiary/aromatic N) is 2. The monoisotopic (exact) mass is 369 g/mol. The fourth-order valence-electron chi connectivity index (χ4n) is 5.11. The third kappa shape index (κ3) is 2.73. The van der Waals surface area contributed by atoms with E-state index in [-0.39, 0.29) is 30.2 Å². The Hall–Kier alpha value is -2.37. The van der Waals surface area contributed by atoms with Crippen molar-refractivity contribution < 1.29 is 14.4 Å². The number of para-hydroxylation sites is 1. The lowest BCUT2D eigenvalue weighted by Gasteiger charge is -2.42. The lowest BCUT2D eigenvalue weighted by atomic mass is 9.67. The first kappa shape index (κ1) is 18.0. The van der Waals surface area contributed by atoms with E-state index in [1.54, 1.807) is 4.90 Å². The number of aryl methyl sites for hydroxylation is 1. The molecule has 1 aromatic rings. The minimum Gasteiger partial charge on any atom is -0.323 e. The van der Waals surface area contributed by atoms with Crippen LogP contribution in [-0.4, -0.2) is 41.4 Å². The number of hydrogen-bond donors (Lipinski definition) is 1. The number of amides is 4. The van der Waals surface area contributed by atoms with E-state index in [9.17, 15) is 14.4 Å². The van der Waals surface area contributed by atoms with Crippen molar-refractivity contribution in [2.45, 2.75) is 51.5 Å². The largest absolute Gasteiger partial charge is 0.325 e. The van der Waals surface area contributed by atoms with Crippen LogP contribution in [0.4, 0.5) is 10.5 Å². The molecule has 1 N–H and O–H groups in total. The third-order valence-corrected chi connectivity index (χ3v) is 6.69. The van der Waals surface area contributed by atoms with E-state index in [1.807, 2.05) is 38.1 Å². The number of benzene rings is 1. The summed E-state index contributed by atoms with van der Waals surface area (Å²) < 4.78 is 0. The Labute approximate surface area is 159 Å². The highest BCUT2D eigenvalue weighted by Gasteiger charge is 2.58. The van der Waals surface area contributed by atoms with Gasteiger partial charge in [-0.25, -0.2) is 4.79 Å². The molecule has 2 unspecified atom stereocenters. The van der Waals surface area contributed by atoms with Gasteiger partial charge in [0.15, 0.2) is 0 Å². The second-order valence-corrected chi connectivity index (χ2v) is 8.20. The van der Waals surface area contributed by atoms with Gasteiger partial charge in [-0.2, -0.15) is 0 Å². The zero-order valence-electron chi connectivity index (χ0n) is 16.0. The molecule has 1 saturated carbocycles. The van der Waals surface area contributed by atoms with Crippen molar-refractivity contribution in [2.24, 2.45) is 11.8 Å². The van der Waals surface area contributed by atoms with Crippen LogP contribution in [0, 0.1) is 11.8 Å². The minimum absolute atomic E-state index is 0.0773. The number of anilines is 1. The molecule has 1 spiro atoms. The number of rotatable bonds is 2. The summed E-state index contributed by atoms with van der Waals surface area (Å²) in [6, 6.07) is 7.42. The Morgan fingerprint density at radius 1 is 1.15 bits per heavy atom. The Morgan fingerprint density at radius 3 is 2.59 bits per heavy atom. The van der Waals surface area contributed by atoms with Gasteiger partial charge < -0.3 is 10.2 Å². The first-order valence-corrected chi connectivity index (χ1v) is 9.97. The molecule has 6 nitrogen and oxygen atoms in total. The van der Waals surface area contributed by atoms with Crippen LogP contribution in [0.5, 0.6) is 0 Å². The van der Waals surface area contributed by atoms with Crippen molar-refractivity contribution in [2.75, 3.05) is 18.0 Å². The molecule has 6 heteroatoms. The van der Waals surface area contributed by atoms with Crippen LogP contribution in [0.3, 0.4) is 0 Å². The first-order valence-electron chi connectivity index (χ1n) is 9.97.